The van der Waals surface area contributed by atoms with E-state index in [-0.39, 0.29) is 17.6 Å². The molecule has 1 N–H and O–H groups in total. The number of benzene rings is 2. The van der Waals surface area contributed by atoms with Crippen molar-refractivity contribution in [3.05, 3.63) is 65.0 Å². The predicted molar refractivity (Wildman–Crippen MR) is 90.3 cm³/mol. The van der Waals surface area contributed by atoms with Gasteiger partial charge in [-0.15, -0.1) is 0 Å². The summed E-state index contributed by atoms with van der Waals surface area (Å²) in [7, 11) is 0. The normalized spacial score (nSPS) is 14.1. The molecule has 3 rings (SSSR count). The van der Waals surface area contributed by atoms with Crippen LogP contribution in [0.1, 0.15) is 34.3 Å². The molecule has 0 bridgehead atoms. The van der Waals surface area contributed by atoms with Crippen LogP contribution >= 0.6 is 0 Å². The zero-order valence-corrected chi connectivity index (χ0v) is 13.5. The summed E-state index contributed by atoms with van der Waals surface area (Å²) in [5, 5.41) is 2.77. The molecule has 5 heteroatoms. The van der Waals surface area contributed by atoms with Crippen LogP contribution in [0.5, 0.6) is 0 Å². The molecule has 0 atom stereocenters. The van der Waals surface area contributed by atoms with Crippen LogP contribution in [0, 0.1) is 12.7 Å². The van der Waals surface area contributed by atoms with E-state index in [0.29, 0.717) is 24.1 Å². The molecular weight excluding hydrogens is 307 g/mol. The van der Waals surface area contributed by atoms with Crippen LogP contribution in [-0.4, -0.2) is 18.4 Å². The molecule has 1 saturated heterocycles. The third kappa shape index (κ3) is 3.45. The van der Waals surface area contributed by atoms with E-state index in [2.05, 4.69) is 5.32 Å². The van der Waals surface area contributed by atoms with Crippen molar-refractivity contribution >= 4 is 17.5 Å². The Bertz CT molecular complexity index is 771. The third-order valence-corrected chi connectivity index (χ3v) is 4.21. The van der Waals surface area contributed by atoms with Crippen LogP contribution in [0.4, 0.5) is 10.1 Å². The van der Waals surface area contributed by atoms with Gasteiger partial charge in [0.1, 0.15) is 5.82 Å². The molecule has 124 valence electrons. The standard InChI is InChI=1S/C19H19FN2O2/c1-13-4-7-15(11-17(13)20)19(24)21-12-14-5-8-16(9-6-14)22-10-2-3-18(22)23/h4-9,11H,2-3,10,12H2,1H3,(H,21,24). The van der Waals surface area contributed by atoms with Gasteiger partial charge in [0.2, 0.25) is 5.91 Å². The molecule has 0 aliphatic carbocycles. The Hall–Kier alpha value is -2.69. The summed E-state index contributed by atoms with van der Waals surface area (Å²) in [5.74, 6) is -0.549. The minimum atomic E-state index is -0.387. The minimum Gasteiger partial charge on any atom is -0.348 e. The Labute approximate surface area is 140 Å². The van der Waals surface area contributed by atoms with Crippen LogP contribution in [0.3, 0.4) is 0 Å². The van der Waals surface area contributed by atoms with Gasteiger partial charge in [0.15, 0.2) is 0 Å². The Kier molecular flexibility index (Phi) is 4.60. The molecule has 2 aromatic carbocycles. The molecule has 1 aliphatic heterocycles. The van der Waals surface area contributed by atoms with E-state index in [1.54, 1.807) is 24.0 Å². The molecule has 0 aromatic heterocycles. The largest absolute Gasteiger partial charge is 0.348 e. The van der Waals surface area contributed by atoms with Crippen LogP contribution < -0.4 is 10.2 Å². The second kappa shape index (κ2) is 6.83. The molecule has 1 fully saturated rings. The number of nitrogens with one attached hydrogen (secondary N) is 1. The molecule has 2 amide bonds. The summed E-state index contributed by atoms with van der Waals surface area (Å²) in [4.78, 5) is 25.6. The number of rotatable bonds is 4. The Morgan fingerprint density at radius 2 is 1.96 bits per heavy atom. The van der Waals surface area contributed by atoms with Crippen LogP contribution in [0.25, 0.3) is 0 Å². The van der Waals surface area contributed by atoms with Crippen molar-refractivity contribution in [2.24, 2.45) is 0 Å². The number of carbonyl (C=O) groups is 2. The molecule has 0 saturated carbocycles. The number of carbonyl (C=O) groups excluding carboxylic acids is 2. The van der Waals surface area contributed by atoms with E-state index in [0.717, 1.165) is 24.2 Å². The zero-order valence-electron chi connectivity index (χ0n) is 13.5. The quantitative estimate of drug-likeness (QED) is 0.938. The molecule has 1 heterocycles. The Morgan fingerprint density at radius 3 is 2.58 bits per heavy atom. The lowest BCUT2D eigenvalue weighted by Gasteiger charge is -2.16. The van der Waals surface area contributed by atoms with Gasteiger partial charge >= 0.3 is 0 Å². The first-order valence-electron chi connectivity index (χ1n) is 7.98. The number of nitrogens with zero attached hydrogens (tertiary/aromatic N) is 1. The second-order valence-corrected chi connectivity index (χ2v) is 5.96. The summed E-state index contributed by atoms with van der Waals surface area (Å²) in [6.07, 6.45) is 1.49. The van der Waals surface area contributed by atoms with Crippen LogP contribution in [0.2, 0.25) is 0 Å². The molecule has 1 aliphatic rings. The van der Waals surface area contributed by atoms with Crippen molar-refractivity contribution in [2.75, 3.05) is 11.4 Å². The van der Waals surface area contributed by atoms with Crippen molar-refractivity contribution in [3.63, 3.8) is 0 Å². The molecule has 24 heavy (non-hydrogen) atoms. The average molecular weight is 326 g/mol. The van der Waals surface area contributed by atoms with Gasteiger partial charge in [-0.05, 0) is 48.7 Å². The van der Waals surface area contributed by atoms with Crippen molar-refractivity contribution in [2.45, 2.75) is 26.3 Å². The molecule has 4 nitrogen and oxygen atoms in total. The first kappa shape index (κ1) is 16.2. The molecule has 0 spiro atoms. The number of anilines is 1. The number of hydrogen-bond acceptors (Lipinski definition) is 2. The highest BCUT2D eigenvalue weighted by atomic mass is 19.1. The Balaban J connectivity index is 1.61. The van der Waals surface area contributed by atoms with E-state index in [4.69, 9.17) is 0 Å². The maximum atomic E-state index is 13.5. The number of halogens is 1. The number of aryl methyl sites for hydroxylation is 1. The fraction of sp³-hybridized carbons (Fsp3) is 0.263. The molecule has 2 aromatic rings. The first-order chi connectivity index (χ1) is 11.5. The zero-order chi connectivity index (χ0) is 17.1. The van der Waals surface area contributed by atoms with E-state index >= 15 is 0 Å². The minimum absolute atomic E-state index is 0.150. The second-order valence-electron chi connectivity index (χ2n) is 5.96. The average Bonchev–Trinajstić information content (AvgIpc) is 3.01. The van der Waals surface area contributed by atoms with Gasteiger partial charge < -0.3 is 10.2 Å². The summed E-state index contributed by atoms with van der Waals surface area (Å²) >= 11 is 0. The summed E-state index contributed by atoms with van der Waals surface area (Å²) < 4.78 is 13.5. The van der Waals surface area contributed by atoms with Gasteiger partial charge in [0.25, 0.3) is 5.91 Å². The maximum absolute atomic E-state index is 13.5. The smallest absolute Gasteiger partial charge is 0.251 e. The highest BCUT2D eigenvalue weighted by Gasteiger charge is 2.21. The monoisotopic (exact) mass is 326 g/mol. The number of amides is 2. The SMILES string of the molecule is Cc1ccc(C(=O)NCc2ccc(N3CCCC3=O)cc2)cc1F. The van der Waals surface area contributed by atoms with Crippen LogP contribution in [0.15, 0.2) is 42.5 Å². The number of hydrogen-bond donors (Lipinski definition) is 1. The Morgan fingerprint density at radius 1 is 1.21 bits per heavy atom. The fourth-order valence-corrected chi connectivity index (χ4v) is 2.73. The van der Waals surface area contributed by atoms with Crippen LogP contribution in [-0.2, 0) is 11.3 Å². The first-order valence-corrected chi connectivity index (χ1v) is 7.98. The maximum Gasteiger partial charge on any atom is 0.251 e. The lowest BCUT2D eigenvalue weighted by molar-refractivity contribution is -0.117. The summed E-state index contributed by atoms with van der Waals surface area (Å²) in [6.45, 7) is 2.76. The van der Waals surface area contributed by atoms with E-state index in [1.165, 1.54) is 6.07 Å². The highest BCUT2D eigenvalue weighted by Crippen LogP contribution is 2.21. The van der Waals surface area contributed by atoms with Crippen molar-refractivity contribution in [1.29, 1.82) is 0 Å². The molecule has 0 radical (unpaired) electrons. The van der Waals surface area contributed by atoms with Gasteiger partial charge in [-0.1, -0.05) is 18.2 Å². The van der Waals surface area contributed by atoms with Gasteiger partial charge in [0, 0.05) is 30.8 Å². The van der Waals surface area contributed by atoms with E-state index in [1.807, 2.05) is 24.3 Å². The topological polar surface area (TPSA) is 49.4 Å². The third-order valence-electron chi connectivity index (χ3n) is 4.21. The highest BCUT2D eigenvalue weighted by molar-refractivity contribution is 5.95. The van der Waals surface area contributed by atoms with E-state index < -0.39 is 0 Å². The van der Waals surface area contributed by atoms with Gasteiger partial charge in [0.05, 0.1) is 0 Å². The van der Waals surface area contributed by atoms with E-state index in [9.17, 15) is 14.0 Å². The van der Waals surface area contributed by atoms with Gasteiger partial charge in [-0.2, -0.15) is 0 Å². The summed E-state index contributed by atoms with van der Waals surface area (Å²) in [5.41, 5.74) is 2.62. The lowest BCUT2D eigenvalue weighted by Crippen LogP contribution is -2.24. The fourth-order valence-electron chi connectivity index (χ4n) is 2.73. The predicted octanol–water partition coefficient (Wildman–Crippen LogP) is 3.19. The van der Waals surface area contributed by atoms with Crippen molar-refractivity contribution in [3.8, 4) is 0 Å². The van der Waals surface area contributed by atoms with Gasteiger partial charge in [-0.25, -0.2) is 4.39 Å². The lowest BCUT2D eigenvalue weighted by atomic mass is 10.1. The van der Waals surface area contributed by atoms with Gasteiger partial charge in [-0.3, -0.25) is 9.59 Å². The molecule has 0 unspecified atom stereocenters. The van der Waals surface area contributed by atoms with Crippen molar-refractivity contribution < 1.29 is 14.0 Å². The summed E-state index contributed by atoms with van der Waals surface area (Å²) in [6, 6.07) is 12.0. The molecular formula is C19H19FN2O2. The van der Waals surface area contributed by atoms with Crippen molar-refractivity contribution in [1.82, 2.24) is 5.32 Å².